The minimum atomic E-state index is 0.643. The molecule has 0 atom stereocenters. The van der Waals surface area contributed by atoms with E-state index < -0.39 is 0 Å². The first-order valence-corrected chi connectivity index (χ1v) is 17.6. The van der Waals surface area contributed by atoms with Crippen molar-refractivity contribution in [3.8, 4) is 62.2 Å². The molecular weight excluding hydrogens is 647 g/mol. The summed E-state index contributed by atoms with van der Waals surface area (Å²) in [6.45, 7) is 0. The van der Waals surface area contributed by atoms with E-state index in [1.54, 1.807) is 0 Å². The molecule has 8 aromatic carbocycles. The first-order chi connectivity index (χ1) is 26.2. The van der Waals surface area contributed by atoms with Crippen LogP contribution >= 0.6 is 0 Å². The summed E-state index contributed by atoms with van der Waals surface area (Å²) in [5, 5.41) is 16.1. The van der Waals surface area contributed by atoms with E-state index in [1.807, 2.05) is 54.6 Å². The van der Waals surface area contributed by atoms with Gasteiger partial charge < -0.3 is 4.42 Å². The van der Waals surface area contributed by atoms with Gasteiger partial charge in [-0.2, -0.15) is 5.26 Å². The predicted octanol–water partition coefficient (Wildman–Crippen LogP) is 12.9. The number of hydrogen-bond donors (Lipinski definition) is 0. The molecule has 0 fully saturated rings. The lowest BCUT2D eigenvalue weighted by atomic mass is 9.91. The maximum Gasteiger partial charge on any atom is 0.160 e. The van der Waals surface area contributed by atoms with E-state index in [9.17, 15) is 5.26 Å². The molecule has 2 heterocycles. The Hall–Kier alpha value is -7.35. The molecule has 0 aliphatic rings. The molecule has 0 amide bonds. The van der Waals surface area contributed by atoms with Gasteiger partial charge in [0, 0.05) is 27.5 Å². The molecule has 0 saturated carbocycles. The summed E-state index contributed by atoms with van der Waals surface area (Å²) < 4.78 is 6.14. The van der Waals surface area contributed by atoms with E-state index in [0.29, 0.717) is 11.4 Å². The van der Waals surface area contributed by atoms with E-state index >= 15 is 0 Å². The molecule has 0 aliphatic carbocycles. The van der Waals surface area contributed by atoms with E-state index in [-0.39, 0.29) is 0 Å². The first-order valence-electron chi connectivity index (χ1n) is 17.6. The molecule has 10 rings (SSSR count). The highest BCUT2D eigenvalue weighted by Crippen LogP contribution is 2.41. The van der Waals surface area contributed by atoms with Gasteiger partial charge in [0.15, 0.2) is 5.82 Å². The minimum absolute atomic E-state index is 0.643. The van der Waals surface area contributed by atoms with Gasteiger partial charge in [-0.3, -0.25) is 0 Å². The third-order valence-corrected chi connectivity index (χ3v) is 10.2. The van der Waals surface area contributed by atoms with Gasteiger partial charge in [0.25, 0.3) is 0 Å². The normalized spacial score (nSPS) is 11.4. The number of nitrogens with zero attached hydrogens (tertiary/aromatic N) is 3. The summed E-state index contributed by atoms with van der Waals surface area (Å²) in [4.78, 5) is 10.4. The summed E-state index contributed by atoms with van der Waals surface area (Å²) in [6, 6.07) is 62.7. The molecule has 0 unspecified atom stereocenters. The summed E-state index contributed by atoms with van der Waals surface area (Å²) >= 11 is 0. The van der Waals surface area contributed by atoms with Gasteiger partial charge in [-0.15, -0.1) is 0 Å². The fourth-order valence-corrected chi connectivity index (χ4v) is 7.61. The van der Waals surface area contributed by atoms with Crippen molar-refractivity contribution in [2.45, 2.75) is 0 Å². The largest absolute Gasteiger partial charge is 0.456 e. The fraction of sp³-hybridized carbons (Fsp3) is 0. The van der Waals surface area contributed by atoms with E-state index in [0.717, 1.165) is 93.8 Å². The second-order valence-corrected chi connectivity index (χ2v) is 13.2. The summed E-state index contributed by atoms with van der Waals surface area (Å²) in [7, 11) is 0. The second kappa shape index (κ2) is 12.5. The van der Waals surface area contributed by atoms with Crippen molar-refractivity contribution in [3.63, 3.8) is 0 Å². The zero-order chi connectivity index (χ0) is 35.3. The maximum atomic E-state index is 9.36. The van der Waals surface area contributed by atoms with Crippen molar-refractivity contribution in [1.82, 2.24) is 9.97 Å². The van der Waals surface area contributed by atoms with Crippen LogP contribution in [0.4, 0.5) is 0 Å². The fourth-order valence-electron chi connectivity index (χ4n) is 7.61. The molecule has 4 heteroatoms. The molecule has 4 nitrogen and oxygen atoms in total. The third-order valence-electron chi connectivity index (χ3n) is 10.2. The molecule has 246 valence electrons. The molecule has 0 radical (unpaired) electrons. The average molecular weight is 676 g/mol. The summed E-state index contributed by atoms with van der Waals surface area (Å²) in [5.41, 5.74) is 11.6. The van der Waals surface area contributed by atoms with Crippen LogP contribution in [0.15, 0.2) is 180 Å². The van der Waals surface area contributed by atoms with Crippen LogP contribution in [0, 0.1) is 11.3 Å². The van der Waals surface area contributed by atoms with Gasteiger partial charge in [0.1, 0.15) is 11.2 Å². The number of benzene rings is 8. The van der Waals surface area contributed by atoms with Crippen LogP contribution in [0.5, 0.6) is 0 Å². The van der Waals surface area contributed by atoms with Gasteiger partial charge >= 0.3 is 0 Å². The first kappa shape index (κ1) is 30.5. The standard InChI is InChI=1S/C49H29N3O/c50-30-31-18-20-32(21-19-31)35-23-25-41(39-14-6-4-12-37(35)39)45-29-46(52-49(51-45)33-10-2-1-3-11-33)42-26-24-36(38-13-5-7-15-40(38)42)34-22-27-48-44(28-34)43-16-8-9-17-47(43)53-48/h1-29H. The zero-order valence-corrected chi connectivity index (χ0v) is 28.5. The third kappa shape index (κ3) is 5.23. The highest BCUT2D eigenvalue weighted by molar-refractivity contribution is 6.10. The minimum Gasteiger partial charge on any atom is -0.456 e. The van der Waals surface area contributed by atoms with Gasteiger partial charge in [0.05, 0.1) is 23.0 Å². The molecule has 10 aromatic rings. The van der Waals surface area contributed by atoms with Crippen molar-refractivity contribution in [1.29, 1.82) is 5.26 Å². The number of para-hydroxylation sites is 1. The molecule has 53 heavy (non-hydrogen) atoms. The lowest BCUT2D eigenvalue weighted by Gasteiger charge is -2.15. The van der Waals surface area contributed by atoms with Crippen molar-refractivity contribution in [3.05, 3.63) is 181 Å². The Balaban J connectivity index is 1.16. The van der Waals surface area contributed by atoms with Crippen molar-refractivity contribution >= 4 is 43.5 Å². The van der Waals surface area contributed by atoms with Gasteiger partial charge in [-0.25, -0.2) is 9.97 Å². The number of fused-ring (bicyclic) bond motifs is 5. The van der Waals surface area contributed by atoms with E-state index in [4.69, 9.17) is 14.4 Å². The molecule has 0 spiro atoms. The van der Waals surface area contributed by atoms with Crippen LogP contribution in [-0.2, 0) is 0 Å². The van der Waals surface area contributed by atoms with E-state index in [2.05, 4.69) is 127 Å². The lowest BCUT2D eigenvalue weighted by Crippen LogP contribution is -1.97. The summed E-state index contributed by atoms with van der Waals surface area (Å²) in [6.07, 6.45) is 0. The van der Waals surface area contributed by atoms with Gasteiger partial charge in [-0.1, -0.05) is 140 Å². The SMILES string of the molecule is N#Cc1ccc(-c2ccc(-c3cc(-c4ccc(-c5ccc6oc7ccccc7c6c5)c5ccccc45)nc(-c4ccccc4)n3)c3ccccc23)cc1. The Bertz CT molecular complexity index is 3060. The highest BCUT2D eigenvalue weighted by atomic mass is 16.3. The van der Waals surface area contributed by atoms with Gasteiger partial charge in [0.2, 0.25) is 0 Å². The summed E-state index contributed by atoms with van der Waals surface area (Å²) in [5.74, 6) is 0.670. The van der Waals surface area contributed by atoms with Crippen molar-refractivity contribution in [2.24, 2.45) is 0 Å². The van der Waals surface area contributed by atoms with Crippen LogP contribution < -0.4 is 0 Å². The highest BCUT2D eigenvalue weighted by Gasteiger charge is 2.18. The number of nitriles is 1. The van der Waals surface area contributed by atoms with Crippen LogP contribution in [0.3, 0.4) is 0 Å². The maximum absolute atomic E-state index is 9.36. The van der Waals surface area contributed by atoms with Gasteiger partial charge in [-0.05, 0) is 80.2 Å². The Kier molecular flexibility index (Phi) is 7.16. The van der Waals surface area contributed by atoms with Crippen LogP contribution in [0.25, 0.3) is 99.6 Å². The van der Waals surface area contributed by atoms with Crippen LogP contribution in [0.2, 0.25) is 0 Å². The van der Waals surface area contributed by atoms with Crippen molar-refractivity contribution < 1.29 is 4.42 Å². The van der Waals surface area contributed by atoms with Crippen LogP contribution in [0.1, 0.15) is 5.56 Å². The molecule has 0 aliphatic heterocycles. The quantitative estimate of drug-likeness (QED) is 0.182. The number of rotatable bonds is 5. The Morgan fingerprint density at radius 3 is 1.49 bits per heavy atom. The Morgan fingerprint density at radius 1 is 0.377 bits per heavy atom. The Labute approximate surface area is 305 Å². The zero-order valence-electron chi connectivity index (χ0n) is 28.5. The average Bonchev–Trinajstić information content (AvgIpc) is 3.61. The monoisotopic (exact) mass is 675 g/mol. The molecule has 0 N–H and O–H groups in total. The number of furan rings is 1. The molecule has 0 saturated heterocycles. The van der Waals surface area contributed by atoms with E-state index in [1.165, 1.54) is 0 Å². The lowest BCUT2D eigenvalue weighted by molar-refractivity contribution is 0.669. The number of aromatic nitrogens is 2. The predicted molar refractivity (Wildman–Crippen MR) is 216 cm³/mol. The molecule has 2 aromatic heterocycles. The molecular formula is C49H29N3O. The van der Waals surface area contributed by atoms with Crippen molar-refractivity contribution in [2.75, 3.05) is 0 Å². The topological polar surface area (TPSA) is 62.7 Å². The smallest absolute Gasteiger partial charge is 0.160 e. The molecule has 0 bridgehead atoms. The van der Waals surface area contributed by atoms with Crippen LogP contribution in [-0.4, -0.2) is 9.97 Å². The second-order valence-electron chi connectivity index (χ2n) is 13.2. The Morgan fingerprint density at radius 2 is 0.868 bits per heavy atom. The number of hydrogen-bond acceptors (Lipinski definition) is 4.